The van der Waals surface area contributed by atoms with Crippen LogP contribution in [-0.2, 0) is 6.54 Å². The first-order valence-corrected chi connectivity index (χ1v) is 7.51. The number of aliphatic imine (C=N–C) groups is 1. The summed E-state index contributed by atoms with van der Waals surface area (Å²) in [5.74, 6) is 0.560. The number of nitrogens with two attached hydrogens (primary N) is 1. The molecule has 0 heterocycles. The smallest absolute Gasteiger partial charge is 0.494 e. The van der Waals surface area contributed by atoms with E-state index in [4.69, 9.17) is 10.5 Å². The molecular weight excluding hydrogens is 462 g/mol. The quantitative estimate of drug-likeness (QED) is 0.362. The van der Waals surface area contributed by atoms with Gasteiger partial charge in [0.25, 0.3) is 0 Å². The standard InChI is InChI=1S/C17H18F3N3O2.HI/c1-2-24-15-6-4-3-5-12(15)11-22-16(21)23-13-7-9-14(10-8-13)25-17(18,19)20;/h3-10H,2,11H2,1H3,(H3,21,22,23);1H. The lowest BCUT2D eigenvalue weighted by molar-refractivity contribution is -0.274. The maximum Gasteiger partial charge on any atom is 0.573 e. The molecule has 0 saturated carbocycles. The zero-order valence-corrected chi connectivity index (χ0v) is 16.2. The monoisotopic (exact) mass is 481 g/mol. The summed E-state index contributed by atoms with van der Waals surface area (Å²) in [6.07, 6.45) is -4.72. The second kappa shape index (κ2) is 10.1. The van der Waals surface area contributed by atoms with Gasteiger partial charge in [-0.2, -0.15) is 0 Å². The van der Waals surface area contributed by atoms with E-state index in [1.54, 1.807) is 0 Å². The molecule has 0 radical (unpaired) electrons. The average Bonchev–Trinajstić information content (AvgIpc) is 2.55. The van der Waals surface area contributed by atoms with Crippen molar-refractivity contribution in [1.29, 1.82) is 0 Å². The van der Waals surface area contributed by atoms with Gasteiger partial charge in [-0.1, -0.05) is 18.2 Å². The van der Waals surface area contributed by atoms with Crippen molar-refractivity contribution in [3.05, 3.63) is 54.1 Å². The molecule has 3 N–H and O–H groups in total. The number of alkyl halides is 3. The Morgan fingerprint density at radius 2 is 1.77 bits per heavy atom. The van der Waals surface area contributed by atoms with E-state index < -0.39 is 6.36 Å². The van der Waals surface area contributed by atoms with Crippen LogP contribution in [0.3, 0.4) is 0 Å². The van der Waals surface area contributed by atoms with E-state index in [-0.39, 0.29) is 35.7 Å². The van der Waals surface area contributed by atoms with Gasteiger partial charge in [0.2, 0.25) is 0 Å². The zero-order chi connectivity index (χ0) is 18.3. The molecule has 26 heavy (non-hydrogen) atoms. The summed E-state index contributed by atoms with van der Waals surface area (Å²) >= 11 is 0. The maximum absolute atomic E-state index is 12.1. The number of nitrogens with zero attached hydrogens (tertiary/aromatic N) is 1. The highest BCUT2D eigenvalue weighted by Crippen LogP contribution is 2.24. The van der Waals surface area contributed by atoms with Gasteiger partial charge in [-0.3, -0.25) is 0 Å². The fourth-order valence-corrected chi connectivity index (χ4v) is 2.03. The minimum Gasteiger partial charge on any atom is -0.494 e. The molecule has 0 unspecified atom stereocenters. The summed E-state index contributed by atoms with van der Waals surface area (Å²) in [4.78, 5) is 4.21. The van der Waals surface area contributed by atoms with Gasteiger partial charge in [0.15, 0.2) is 5.96 Å². The molecule has 0 aromatic heterocycles. The fourth-order valence-electron chi connectivity index (χ4n) is 2.03. The van der Waals surface area contributed by atoms with Crippen molar-refractivity contribution in [1.82, 2.24) is 0 Å². The predicted octanol–water partition coefficient (Wildman–Crippen LogP) is 4.53. The second-order valence-electron chi connectivity index (χ2n) is 4.94. The number of benzene rings is 2. The van der Waals surface area contributed by atoms with Gasteiger partial charge in [-0.25, -0.2) is 4.99 Å². The summed E-state index contributed by atoms with van der Waals surface area (Å²) in [5, 5.41) is 2.80. The Morgan fingerprint density at radius 1 is 1.12 bits per heavy atom. The van der Waals surface area contributed by atoms with Crippen LogP contribution in [0.25, 0.3) is 0 Å². The Hall–Kier alpha value is -2.17. The number of anilines is 1. The molecule has 0 fully saturated rings. The van der Waals surface area contributed by atoms with Crippen molar-refractivity contribution >= 4 is 35.6 Å². The van der Waals surface area contributed by atoms with Gasteiger partial charge in [0.05, 0.1) is 13.2 Å². The molecule has 0 amide bonds. The Balaban J connectivity index is 0.00000338. The third-order valence-electron chi connectivity index (χ3n) is 3.05. The number of rotatable bonds is 6. The molecule has 0 saturated heterocycles. The van der Waals surface area contributed by atoms with Crippen LogP contribution in [0.2, 0.25) is 0 Å². The molecule has 0 aliphatic heterocycles. The molecule has 5 nitrogen and oxygen atoms in total. The van der Waals surface area contributed by atoms with Gasteiger partial charge in [0, 0.05) is 11.3 Å². The van der Waals surface area contributed by atoms with Gasteiger partial charge in [-0.05, 0) is 37.3 Å². The Labute approximate surface area is 166 Å². The molecule has 0 aliphatic carbocycles. The maximum atomic E-state index is 12.1. The number of ether oxygens (including phenoxy) is 2. The Bertz CT molecular complexity index is 722. The lowest BCUT2D eigenvalue weighted by atomic mass is 10.2. The van der Waals surface area contributed by atoms with E-state index in [1.807, 2.05) is 31.2 Å². The average molecular weight is 481 g/mol. The van der Waals surface area contributed by atoms with Crippen molar-refractivity contribution < 1.29 is 22.6 Å². The van der Waals surface area contributed by atoms with Crippen molar-refractivity contribution in [3.63, 3.8) is 0 Å². The first-order valence-electron chi connectivity index (χ1n) is 7.51. The summed E-state index contributed by atoms with van der Waals surface area (Å²) < 4.78 is 45.6. The van der Waals surface area contributed by atoms with Crippen LogP contribution in [0, 0.1) is 0 Å². The van der Waals surface area contributed by atoms with Crippen molar-refractivity contribution in [3.8, 4) is 11.5 Å². The van der Waals surface area contributed by atoms with E-state index in [2.05, 4.69) is 15.0 Å². The highest BCUT2D eigenvalue weighted by Gasteiger charge is 2.30. The summed E-state index contributed by atoms with van der Waals surface area (Å²) in [5.41, 5.74) is 7.18. The van der Waals surface area contributed by atoms with Crippen molar-refractivity contribution in [2.75, 3.05) is 11.9 Å². The van der Waals surface area contributed by atoms with Gasteiger partial charge in [-0.15, -0.1) is 37.1 Å². The molecular formula is C17H19F3IN3O2. The minimum atomic E-state index is -4.72. The third-order valence-corrected chi connectivity index (χ3v) is 3.05. The number of halogens is 4. The highest BCUT2D eigenvalue weighted by atomic mass is 127. The Morgan fingerprint density at radius 3 is 2.38 bits per heavy atom. The summed E-state index contributed by atoms with van der Waals surface area (Å²) in [6.45, 7) is 2.74. The van der Waals surface area contributed by atoms with Crippen molar-refractivity contribution in [2.24, 2.45) is 10.7 Å². The molecule has 0 bridgehead atoms. The van der Waals surface area contributed by atoms with Gasteiger partial charge >= 0.3 is 6.36 Å². The fraction of sp³-hybridized carbons (Fsp3) is 0.235. The van der Waals surface area contributed by atoms with Crippen LogP contribution in [-0.4, -0.2) is 18.9 Å². The molecule has 2 aromatic rings. The minimum absolute atomic E-state index is 0. The third kappa shape index (κ3) is 7.38. The number of hydrogen-bond acceptors (Lipinski definition) is 3. The number of guanidine groups is 1. The normalized spacial score (nSPS) is 11.5. The Kier molecular flexibility index (Phi) is 8.49. The lowest BCUT2D eigenvalue weighted by Gasteiger charge is -2.11. The van der Waals surface area contributed by atoms with Gasteiger partial charge in [0.1, 0.15) is 11.5 Å². The molecule has 0 atom stereocenters. The molecule has 2 rings (SSSR count). The SMILES string of the molecule is CCOc1ccccc1CN=C(N)Nc1ccc(OC(F)(F)F)cc1.I. The molecule has 0 spiro atoms. The zero-order valence-electron chi connectivity index (χ0n) is 13.9. The van der Waals surface area contributed by atoms with E-state index in [9.17, 15) is 13.2 Å². The van der Waals surface area contributed by atoms with Crippen LogP contribution in [0.1, 0.15) is 12.5 Å². The second-order valence-corrected chi connectivity index (χ2v) is 4.94. The number of hydrogen-bond donors (Lipinski definition) is 2. The van der Waals surface area contributed by atoms with E-state index in [0.717, 1.165) is 11.3 Å². The largest absolute Gasteiger partial charge is 0.573 e. The number of para-hydroxylation sites is 1. The van der Waals surface area contributed by atoms with E-state index in [0.29, 0.717) is 18.8 Å². The van der Waals surface area contributed by atoms with Crippen LogP contribution in [0.4, 0.5) is 18.9 Å². The van der Waals surface area contributed by atoms with Crippen molar-refractivity contribution in [2.45, 2.75) is 19.8 Å². The molecule has 142 valence electrons. The summed E-state index contributed by atoms with van der Waals surface area (Å²) in [6, 6.07) is 12.7. The first kappa shape index (κ1) is 21.9. The van der Waals surface area contributed by atoms with Crippen LogP contribution >= 0.6 is 24.0 Å². The van der Waals surface area contributed by atoms with Crippen LogP contribution in [0.5, 0.6) is 11.5 Å². The van der Waals surface area contributed by atoms with E-state index >= 15 is 0 Å². The number of nitrogens with one attached hydrogen (secondary N) is 1. The van der Waals surface area contributed by atoms with Crippen LogP contribution in [0.15, 0.2) is 53.5 Å². The highest BCUT2D eigenvalue weighted by molar-refractivity contribution is 14.0. The molecule has 0 aliphatic rings. The lowest BCUT2D eigenvalue weighted by Crippen LogP contribution is -2.22. The summed E-state index contributed by atoms with van der Waals surface area (Å²) in [7, 11) is 0. The predicted molar refractivity (Wildman–Crippen MR) is 105 cm³/mol. The molecule has 9 heteroatoms. The topological polar surface area (TPSA) is 68.9 Å². The van der Waals surface area contributed by atoms with Gasteiger partial charge < -0.3 is 20.5 Å². The first-order chi connectivity index (χ1) is 11.9. The van der Waals surface area contributed by atoms with E-state index in [1.165, 1.54) is 24.3 Å². The van der Waals surface area contributed by atoms with Crippen LogP contribution < -0.4 is 20.5 Å². The molecule has 2 aromatic carbocycles.